The number of carbonyl (C=O) groups excluding carboxylic acids is 1. The number of fused-ring (bicyclic) bond motifs is 1. The first-order valence-corrected chi connectivity index (χ1v) is 13.2. The van der Waals surface area contributed by atoms with Crippen molar-refractivity contribution in [2.75, 3.05) is 11.1 Å². The molecular weight excluding hydrogens is 464 g/mol. The van der Waals surface area contributed by atoms with Crippen molar-refractivity contribution in [2.45, 2.75) is 44.3 Å². The molecule has 0 aliphatic heterocycles. The van der Waals surface area contributed by atoms with Crippen LogP contribution < -0.4 is 5.32 Å². The normalized spacial score (nSPS) is 12.8. The molecule has 1 aliphatic rings. The third-order valence-corrected chi connectivity index (χ3v) is 7.79. The molecule has 5 rings (SSSR count). The number of hydrogen-bond donors (Lipinski definition) is 1. The number of nitriles is 1. The number of rotatable bonds is 7. The molecule has 1 aliphatic carbocycles. The SMILES string of the molecule is CCn1c(SCC(=O)Nc2c(C#N)c3c(n2-c2ccccc2)CCCC3)nnc1-c1cccs1. The quantitative estimate of drug-likeness (QED) is 0.357. The molecule has 0 saturated heterocycles. The summed E-state index contributed by atoms with van der Waals surface area (Å²) in [5, 5.41) is 24.4. The molecule has 0 unspecified atom stereocenters. The number of hydrogen-bond acceptors (Lipinski definition) is 6. The van der Waals surface area contributed by atoms with Gasteiger partial charge in [-0.25, -0.2) is 0 Å². The van der Waals surface area contributed by atoms with Gasteiger partial charge in [-0.05, 0) is 61.7 Å². The minimum atomic E-state index is -0.170. The zero-order chi connectivity index (χ0) is 23.5. The Bertz CT molecular complexity index is 1350. The van der Waals surface area contributed by atoms with Gasteiger partial charge in [0.1, 0.15) is 11.9 Å². The number of thioether (sulfide) groups is 1. The van der Waals surface area contributed by atoms with Crippen molar-refractivity contribution >= 4 is 34.8 Å². The van der Waals surface area contributed by atoms with Crippen LogP contribution >= 0.6 is 23.1 Å². The van der Waals surface area contributed by atoms with E-state index in [0.717, 1.165) is 53.3 Å². The number of anilines is 1. The van der Waals surface area contributed by atoms with Gasteiger partial charge >= 0.3 is 0 Å². The summed E-state index contributed by atoms with van der Waals surface area (Å²) in [6, 6.07) is 16.3. The number of thiophene rings is 1. The Kier molecular flexibility index (Phi) is 6.52. The Morgan fingerprint density at radius 3 is 2.74 bits per heavy atom. The van der Waals surface area contributed by atoms with E-state index in [2.05, 4.69) is 26.2 Å². The maximum Gasteiger partial charge on any atom is 0.236 e. The van der Waals surface area contributed by atoms with E-state index < -0.39 is 0 Å². The second kappa shape index (κ2) is 9.87. The maximum atomic E-state index is 13.1. The summed E-state index contributed by atoms with van der Waals surface area (Å²) in [5.41, 5.74) is 3.72. The van der Waals surface area contributed by atoms with E-state index in [0.29, 0.717) is 23.1 Å². The predicted molar refractivity (Wildman–Crippen MR) is 135 cm³/mol. The van der Waals surface area contributed by atoms with Crippen molar-refractivity contribution in [3.05, 3.63) is 64.7 Å². The van der Waals surface area contributed by atoms with Gasteiger partial charge in [0.05, 0.1) is 16.2 Å². The van der Waals surface area contributed by atoms with Crippen LogP contribution in [0.25, 0.3) is 16.4 Å². The van der Waals surface area contributed by atoms with Crippen LogP contribution in [-0.2, 0) is 24.2 Å². The van der Waals surface area contributed by atoms with Gasteiger partial charge in [0.2, 0.25) is 5.91 Å². The fourth-order valence-corrected chi connectivity index (χ4v) is 5.98. The highest BCUT2D eigenvalue weighted by Crippen LogP contribution is 2.36. The lowest BCUT2D eigenvalue weighted by Gasteiger charge is -2.17. The van der Waals surface area contributed by atoms with Gasteiger partial charge in [-0.2, -0.15) is 5.26 Å². The Morgan fingerprint density at radius 2 is 2.00 bits per heavy atom. The fourth-order valence-electron chi connectivity index (χ4n) is 4.46. The van der Waals surface area contributed by atoms with Crippen molar-refractivity contribution in [1.82, 2.24) is 19.3 Å². The molecule has 0 radical (unpaired) electrons. The van der Waals surface area contributed by atoms with Gasteiger partial charge in [-0.3, -0.25) is 9.36 Å². The first-order valence-electron chi connectivity index (χ1n) is 11.3. The molecule has 1 aromatic carbocycles. The van der Waals surface area contributed by atoms with Crippen molar-refractivity contribution in [3.8, 4) is 22.5 Å². The van der Waals surface area contributed by atoms with E-state index in [9.17, 15) is 10.1 Å². The van der Waals surface area contributed by atoms with Crippen LogP contribution in [0.2, 0.25) is 0 Å². The molecule has 172 valence electrons. The van der Waals surface area contributed by atoms with Crippen molar-refractivity contribution in [2.24, 2.45) is 0 Å². The molecule has 0 saturated carbocycles. The standard InChI is InChI=1S/C25H24N6OS2/c1-2-30-24(21-13-8-14-33-21)28-29-25(30)34-16-22(32)27-23-19(15-26)18-11-6-7-12-20(18)31(23)17-9-4-3-5-10-17/h3-5,8-10,13-14H,2,6-7,11-12,16H2,1H3,(H,27,32). The molecule has 1 N–H and O–H groups in total. The smallest absolute Gasteiger partial charge is 0.236 e. The van der Waals surface area contributed by atoms with E-state index in [1.165, 1.54) is 11.8 Å². The van der Waals surface area contributed by atoms with Gasteiger partial charge in [0, 0.05) is 17.9 Å². The molecule has 0 atom stereocenters. The highest BCUT2D eigenvalue weighted by Gasteiger charge is 2.27. The second-order valence-corrected chi connectivity index (χ2v) is 9.89. The van der Waals surface area contributed by atoms with Gasteiger partial charge in [0.25, 0.3) is 0 Å². The van der Waals surface area contributed by atoms with Crippen molar-refractivity contribution in [1.29, 1.82) is 5.26 Å². The third kappa shape index (κ3) is 4.15. The van der Waals surface area contributed by atoms with E-state index in [4.69, 9.17) is 0 Å². The minimum Gasteiger partial charge on any atom is -0.310 e. The lowest BCUT2D eigenvalue weighted by atomic mass is 9.95. The zero-order valence-corrected chi connectivity index (χ0v) is 20.5. The first kappa shape index (κ1) is 22.4. The van der Waals surface area contributed by atoms with Crippen molar-refractivity contribution < 1.29 is 4.79 Å². The van der Waals surface area contributed by atoms with E-state index in [1.54, 1.807) is 11.3 Å². The molecular formula is C25H24N6OS2. The first-order chi connectivity index (χ1) is 16.7. The largest absolute Gasteiger partial charge is 0.310 e. The number of nitrogens with zero attached hydrogens (tertiary/aromatic N) is 5. The molecule has 4 aromatic rings. The van der Waals surface area contributed by atoms with Crippen molar-refractivity contribution in [3.63, 3.8) is 0 Å². The number of benzene rings is 1. The van der Waals surface area contributed by atoms with Gasteiger partial charge in [-0.1, -0.05) is 36.0 Å². The molecule has 34 heavy (non-hydrogen) atoms. The molecule has 3 heterocycles. The van der Waals surface area contributed by atoms with Crippen LogP contribution in [0.15, 0.2) is 53.0 Å². The van der Waals surface area contributed by atoms with Gasteiger partial charge < -0.3 is 9.88 Å². The molecule has 0 fully saturated rings. The van der Waals surface area contributed by atoms with Crippen LogP contribution in [-0.4, -0.2) is 31.0 Å². The molecule has 3 aromatic heterocycles. The summed E-state index contributed by atoms with van der Waals surface area (Å²) in [7, 11) is 0. The monoisotopic (exact) mass is 488 g/mol. The summed E-state index contributed by atoms with van der Waals surface area (Å²) in [6.07, 6.45) is 3.90. The van der Waals surface area contributed by atoms with Gasteiger partial charge in [0.15, 0.2) is 11.0 Å². The molecule has 0 bridgehead atoms. The summed E-state index contributed by atoms with van der Waals surface area (Å²) in [4.78, 5) is 14.1. The van der Waals surface area contributed by atoms with Crippen LogP contribution in [0, 0.1) is 11.3 Å². The highest BCUT2D eigenvalue weighted by molar-refractivity contribution is 7.99. The van der Waals surface area contributed by atoms with Crippen LogP contribution in [0.5, 0.6) is 0 Å². The van der Waals surface area contributed by atoms with E-state index in [-0.39, 0.29) is 11.7 Å². The molecule has 1 amide bonds. The van der Waals surface area contributed by atoms with Gasteiger partial charge in [-0.15, -0.1) is 21.5 Å². The average molecular weight is 489 g/mol. The zero-order valence-electron chi connectivity index (χ0n) is 18.8. The maximum absolute atomic E-state index is 13.1. The average Bonchev–Trinajstić information content (AvgIpc) is 3.60. The summed E-state index contributed by atoms with van der Waals surface area (Å²) >= 11 is 2.97. The van der Waals surface area contributed by atoms with Crippen LogP contribution in [0.4, 0.5) is 5.82 Å². The summed E-state index contributed by atoms with van der Waals surface area (Å²) in [6.45, 7) is 2.76. The number of amides is 1. The van der Waals surface area contributed by atoms with E-state index >= 15 is 0 Å². The fraction of sp³-hybridized carbons (Fsp3) is 0.280. The Hall–Kier alpha value is -3.35. The third-order valence-electron chi connectivity index (χ3n) is 5.96. The summed E-state index contributed by atoms with van der Waals surface area (Å²) < 4.78 is 4.08. The molecule has 9 heteroatoms. The molecule has 7 nitrogen and oxygen atoms in total. The Labute approximate surface area is 206 Å². The summed E-state index contributed by atoms with van der Waals surface area (Å²) in [5.74, 6) is 1.40. The predicted octanol–water partition coefficient (Wildman–Crippen LogP) is 5.30. The number of nitrogens with one attached hydrogen (secondary N) is 1. The number of carbonyl (C=O) groups is 1. The topological polar surface area (TPSA) is 88.5 Å². The number of aromatic nitrogens is 4. The van der Waals surface area contributed by atoms with E-state index in [1.807, 2.05) is 59.3 Å². The Morgan fingerprint density at radius 1 is 1.18 bits per heavy atom. The highest BCUT2D eigenvalue weighted by atomic mass is 32.2. The second-order valence-electron chi connectivity index (χ2n) is 8.00. The molecule has 0 spiro atoms. The lowest BCUT2D eigenvalue weighted by molar-refractivity contribution is -0.113. The minimum absolute atomic E-state index is 0.170. The van der Waals surface area contributed by atoms with Crippen LogP contribution in [0.3, 0.4) is 0 Å². The van der Waals surface area contributed by atoms with Crippen LogP contribution in [0.1, 0.15) is 36.6 Å². The Balaban J connectivity index is 1.41. The number of para-hydroxylation sites is 1. The lowest BCUT2D eigenvalue weighted by Crippen LogP contribution is -2.18.